The smallest absolute Gasteiger partial charge is 0.181 e. The third-order valence-corrected chi connectivity index (χ3v) is 10.6. The number of fused-ring (bicyclic) bond motifs is 8. The summed E-state index contributed by atoms with van der Waals surface area (Å²) in [7, 11) is 0. The predicted molar refractivity (Wildman–Crippen MR) is 232 cm³/mol. The van der Waals surface area contributed by atoms with Gasteiger partial charge in [0.25, 0.3) is 0 Å². The maximum absolute atomic E-state index is 5.50. The fourth-order valence-corrected chi connectivity index (χ4v) is 8.21. The largest absolute Gasteiger partial charge is 0.323 e. The normalized spacial score (nSPS) is 14.2. The second-order valence-corrected chi connectivity index (χ2v) is 19.4. The summed E-state index contributed by atoms with van der Waals surface area (Å²) in [6, 6.07) is 0. The van der Waals surface area contributed by atoms with Crippen molar-refractivity contribution in [2.45, 2.75) is 93.9 Å². The molecule has 0 saturated heterocycles. The minimum absolute atomic E-state index is 0.416. The molecule has 7 aromatic rings. The highest BCUT2D eigenvalue weighted by Gasteiger charge is 2.37. The predicted octanol–water partition coefficient (Wildman–Crippen LogP) is 8.18. The Morgan fingerprint density at radius 1 is 0.367 bits per heavy atom. The number of hydrogen-bond donors (Lipinski definition) is 2. The van der Waals surface area contributed by atoms with Crippen molar-refractivity contribution in [3.63, 3.8) is 0 Å². The van der Waals surface area contributed by atoms with Gasteiger partial charge in [-0.1, -0.05) is 83.1 Å². The van der Waals surface area contributed by atoms with E-state index in [1.54, 1.807) is 50.1 Å². The minimum atomic E-state index is -0.446. The highest BCUT2D eigenvalue weighted by molar-refractivity contribution is 5.95. The van der Waals surface area contributed by atoms with E-state index < -0.39 is 21.7 Å². The molecular formula is C44H50N16. The van der Waals surface area contributed by atoms with Crippen LogP contribution in [0.15, 0.2) is 74.9 Å². The summed E-state index contributed by atoms with van der Waals surface area (Å²) in [6.45, 7) is 26.0. The average Bonchev–Trinajstić information content (AvgIpc) is 3.98. The van der Waals surface area contributed by atoms with Crippen molar-refractivity contribution < 1.29 is 0 Å². The lowest BCUT2D eigenvalue weighted by Crippen LogP contribution is -2.15. The summed E-state index contributed by atoms with van der Waals surface area (Å²) in [5, 5.41) is 0. The van der Waals surface area contributed by atoms with Crippen LogP contribution in [-0.4, -0.2) is 78.1 Å². The molecule has 0 fully saturated rings. The van der Waals surface area contributed by atoms with Gasteiger partial charge in [-0.2, -0.15) is 0 Å². The summed E-state index contributed by atoms with van der Waals surface area (Å²) in [6.07, 6.45) is 21.8. The molecule has 2 N–H and O–H groups in total. The lowest BCUT2D eigenvalue weighted by Gasteiger charge is -2.22. The van der Waals surface area contributed by atoms with E-state index >= 15 is 0 Å². The molecule has 0 atom stereocenters. The van der Waals surface area contributed by atoms with E-state index in [1.165, 1.54) is 0 Å². The number of H-pyrrole nitrogens is 2. The minimum Gasteiger partial charge on any atom is -0.323 e. The summed E-state index contributed by atoms with van der Waals surface area (Å²) >= 11 is 0. The van der Waals surface area contributed by atoms with Crippen molar-refractivity contribution in [2.75, 3.05) is 0 Å². The Morgan fingerprint density at radius 3 is 1.07 bits per heavy atom. The van der Waals surface area contributed by atoms with E-state index in [1.807, 2.05) is 43.1 Å². The Balaban J connectivity index is 1.57. The number of hydrogen-bond acceptors (Lipinski definition) is 10. The zero-order valence-corrected chi connectivity index (χ0v) is 36.2. The lowest BCUT2D eigenvalue weighted by atomic mass is 9.84. The standard InChI is InChI=1S/C44H50N16/c1-41(2,3)25-29(57-17-13-45-21-57)37-49-33(25)53-38-30(58-18-14-46-22-58)26(42(4,5)6)35(50-38)55-40-32(60-20-16-48-24-60)28(44(10,11)12)36(52-40)56-39-31(59-19-15-47-23-59)27(43(7,8)9)34(51-39)54-37/h13-24H,1-12H3,(H2,49,50,51,52,53,54,55,56). The molecule has 2 aliphatic heterocycles. The summed E-state index contributed by atoms with van der Waals surface area (Å²) < 4.78 is 7.90. The van der Waals surface area contributed by atoms with Crippen molar-refractivity contribution in [3.05, 3.63) is 109 Å². The fourth-order valence-electron chi connectivity index (χ4n) is 8.21. The number of aromatic amines is 2. The maximum atomic E-state index is 5.50. The van der Waals surface area contributed by atoms with Crippen LogP contribution in [0.4, 0.5) is 0 Å². The number of rotatable bonds is 4. The van der Waals surface area contributed by atoms with Crippen LogP contribution in [0.1, 0.15) is 118 Å². The van der Waals surface area contributed by atoms with Gasteiger partial charge in [0.05, 0.1) is 48.1 Å². The molecule has 8 bridgehead atoms. The van der Waals surface area contributed by atoms with Gasteiger partial charge in [0.2, 0.25) is 0 Å². The van der Waals surface area contributed by atoms with E-state index in [2.05, 4.69) is 113 Å². The second-order valence-electron chi connectivity index (χ2n) is 19.4. The topological polar surface area (TPSA) is 180 Å². The van der Waals surface area contributed by atoms with Crippen LogP contribution in [-0.2, 0) is 10.8 Å². The molecule has 60 heavy (non-hydrogen) atoms. The van der Waals surface area contributed by atoms with Gasteiger partial charge in [-0.3, -0.25) is 0 Å². The SMILES string of the molecule is CC(C)(C)C1=C(n2ccnc2)c2nc1nc1nc(nc3[nH]c(nc4[nH]c(n2)c(C(C)(C)C)c4-n2ccnc2)c(C(C)(C)C)c3-n2ccnc2)C(C(C)(C)C)=C1n1ccnc1. The summed E-state index contributed by atoms with van der Waals surface area (Å²) in [4.78, 5) is 57.6. The molecule has 16 nitrogen and oxygen atoms in total. The molecule has 9 heterocycles. The second kappa shape index (κ2) is 13.3. The lowest BCUT2D eigenvalue weighted by molar-refractivity contribution is 0.563. The van der Waals surface area contributed by atoms with Crippen molar-refractivity contribution in [2.24, 2.45) is 10.8 Å². The Bertz CT molecular complexity index is 2980. The highest BCUT2D eigenvalue weighted by atomic mass is 15.2. The molecule has 16 heteroatoms. The van der Waals surface area contributed by atoms with Crippen LogP contribution in [0.2, 0.25) is 0 Å². The zero-order valence-electron chi connectivity index (χ0n) is 36.2. The third-order valence-electron chi connectivity index (χ3n) is 10.6. The molecule has 306 valence electrons. The van der Waals surface area contributed by atoms with E-state index in [-0.39, 0.29) is 0 Å². The summed E-state index contributed by atoms with van der Waals surface area (Å²) in [5.41, 5.74) is 7.46. The summed E-state index contributed by atoms with van der Waals surface area (Å²) in [5.74, 6) is 1.91. The first-order valence-corrected chi connectivity index (χ1v) is 20.0. The molecular weight excluding hydrogens is 753 g/mol. The Kier molecular flexibility index (Phi) is 8.60. The number of aromatic nitrogens is 16. The van der Waals surface area contributed by atoms with E-state index in [0.29, 0.717) is 45.9 Å². The molecule has 0 amide bonds. The molecule has 0 saturated carbocycles. The van der Waals surface area contributed by atoms with Crippen LogP contribution in [0.5, 0.6) is 0 Å². The first-order chi connectivity index (χ1) is 28.3. The molecule has 2 aliphatic rings. The monoisotopic (exact) mass is 802 g/mol. The first-order valence-electron chi connectivity index (χ1n) is 20.0. The van der Waals surface area contributed by atoms with Crippen molar-refractivity contribution in [3.8, 4) is 11.4 Å². The van der Waals surface area contributed by atoms with Gasteiger partial charge in [-0.05, 0) is 21.7 Å². The molecule has 0 aromatic carbocycles. The highest BCUT2D eigenvalue weighted by Crippen LogP contribution is 2.45. The van der Waals surface area contributed by atoms with Gasteiger partial charge < -0.3 is 28.2 Å². The molecule has 0 unspecified atom stereocenters. The Hall–Kier alpha value is -6.84. The average molecular weight is 803 g/mol. The van der Waals surface area contributed by atoms with Crippen LogP contribution in [0.25, 0.3) is 56.5 Å². The van der Waals surface area contributed by atoms with E-state index in [0.717, 1.165) is 45.0 Å². The number of allylic oxidation sites excluding steroid dienone is 2. The number of nitrogens with zero attached hydrogens (tertiary/aromatic N) is 14. The fraction of sp³-hybridized carbons (Fsp3) is 0.364. The van der Waals surface area contributed by atoms with E-state index in [9.17, 15) is 0 Å². The van der Waals surface area contributed by atoms with Gasteiger partial charge in [0.1, 0.15) is 11.3 Å². The molecule has 0 aliphatic carbocycles. The van der Waals surface area contributed by atoms with Crippen LogP contribution >= 0.6 is 0 Å². The molecule has 0 radical (unpaired) electrons. The maximum Gasteiger partial charge on any atom is 0.181 e. The van der Waals surface area contributed by atoms with Crippen molar-refractivity contribution in [1.29, 1.82) is 0 Å². The molecule has 9 rings (SSSR count). The third kappa shape index (κ3) is 6.46. The first kappa shape index (κ1) is 38.7. The van der Waals surface area contributed by atoms with Gasteiger partial charge in [0.15, 0.2) is 34.6 Å². The van der Waals surface area contributed by atoms with Crippen molar-refractivity contribution in [1.82, 2.24) is 78.1 Å². The quantitative estimate of drug-likeness (QED) is 0.176. The van der Waals surface area contributed by atoms with Gasteiger partial charge in [0, 0.05) is 71.8 Å². The number of imidazole rings is 4. The molecule has 7 aromatic heterocycles. The van der Waals surface area contributed by atoms with Gasteiger partial charge in [-0.15, -0.1) is 0 Å². The van der Waals surface area contributed by atoms with Crippen LogP contribution in [0.3, 0.4) is 0 Å². The molecule has 0 spiro atoms. The Labute approximate surface area is 347 Å². The number of nitrogens with one attached hydrogen (secondary N) is 2. The van der Waals surface area contributed by atoms with Gasteiger partial charge in [-0.25, -0.2) is 49.8 Å². The van der Waals surface area contributed by atoms with Crippen LogP contribution in [0, 0.1) is 10.8 Å². The van der Waals surface area contributed by atoms with E-state index in [4.69, 9.17) is 29.9 Å². The van der Waals surface area contributed by atoms with Gasteiger partial charge >= 0.3 is 0 Å². The Morgan fingerprint density at radius 2 is 0.700 bits per heavy atom. The van der Waals surface area contributed by atoms with Crippen LogP contribution < -0.4 is 0 Å². The zero-order chi connectivity index (χ0) is 42.5. The van der Waals surface area contributed by atoms with Crippen molar-refractivity contribution >= 4 is 45.1 Å².